The maximum Gasteiger partial charge on any atom is 0.297 e. The Kier molecular flexibility index (Phi) is 10.2. The SMILES string of the molecule is COc1ccc([Si](C)(C)[C@@H]2[C@@H](CCn3cc(CCO)nn3)O[C@]3(C(=O)N(Cc4ccc(-n5cccc(OC)c5=O)cc4)c4ccc(Br)cc43)[C@H]2C)cc1. The number of halogens is 1. The summed E-state index contributed by atoms with van der Waals surface area (Å²) in [7, 11) is 0.815. The molecule has 0 radical (unpaired) electrons. The van der Waals surface area contributed by atoms with Crippen molar-refractivity contribution in [2.75, 3.05) is 25.7 Å². The summed E-state index contributed by atoms with van der Waals surface area (Å²) in [6, 6.07) is 25.4. The summed E-state index contributed by atoms with van der Waals surface area (Å²) in [6.07, 6.45) is 4.40. The number of benzene rings is 3. The number of aliphatic hydroxyl groups is 1. The summed E-state index contributed by atoms with van der Waals surface area (Å²) in [6.45, 7) is 7.82. The van der Waals surface area contributed by atoms with Crippen molar-refractivity contribution in [1.29, 1.82) is 0 Å². The molecular formula is C40H44BrN5O6Si. The first-order chi connectivity index (χ1) is 25.5. The van der Waals surface area contributed by atoms with Crippen LogP contribution < -0.4 is 25.1 Å². The number of methoxy groups -OCH3 is 2. The molecule has 7 rings (SSSR count). The first kappa shape index (κ1) is 36.8. The number of carbonyl (C=O) groups is 1. The number of aromatic nitrogens is 4. The highest BCUT2D eigenvalue weighted by molar-refractivity contribution is 9.10. The number of pyridine rings is 1. The van der Waals surface area contributed by atoms with Gasteiger partial charge in [-0.1, -0.05) is 70.6 Å². The summed E-state index contributed by atoms with van der Waals surface area (Å²) in [4.78, 5) is 29.9. The zero-order chi connectivity index (χ0) is 37.5. The Morgan fingerprint density at radius 2 is 1.75 bits per heavy atom. The second-order valence-electron chi connectivity index (χ2n) is 14.4. The molecule has 2 aromatic heterocycles. The Bertz CT molecular complexity index is 2170. The minimum absolute atomic E-state index is 0.00814. The van der Waals surface area contributed by atoms with E-state index < -0.39 is 13.7 Å². The second kappa shape index (κ2) is 14.7. The fraction of sp³-hybridized carbons (Fsp3) is 0.350. The molecular weight excluding hydrogens is 754 g/mol. The van der Waals surface area contributed by atoms with Gasteiger partial charge in [-0.05, 0) is 72.1 Å². The lowest BCUT2D eigenvalue weighted by Crippen LogP contribution is -2.51. The predicted molar refractivity (Wildman–Crippen MR) is 209 cm³/mol. The number of aryl methyl sites for hydroxylation is 1. The van der Waals surface area contributed by atoms with E-state index in [1.54, 1.807) is 34.7 Å². The van der Waals surface area contributed by atoms with Crippen LogP contribution in [0, 0.1) is 5.92 Å². The molecule has 0 unspecified atom stereocenters. The van der Waals surface area contributed by atoms with E-state index in [-0.39, 0.29) is 41.4 Å². The summed E-state index contributed by atoms with van der Waals surface area (Å²) >= 11 is 3.70. The standard InChI is InChI=1S/C40H44BrN5O6Si/c1-26-37(53(4,5)32-15-13-31(50-2)14-16-32)35(18-21-44-25-29(19-22-47)42-43-44)52-40(26)33-23-28(41)10-17-34(33)46(39(40)49)24-27-8-11-30(12-9-27)45-20-6-7-36(51-3)38(45)48/h6-17,20,23,25-26,35,37,47H,18-19,21-22,24H2,1-5H3/t26-,35+,37-,40+/m0/s1. The Hall–Kier alpha value is -4.56. The summed E-state index contributed by atoms with van der Waals surface area (Å²) in [5, 5.41) is 19.2. The van der Waals surface area contributed by atoms with Crippen LogP contribution in [-0.4, -0.2) is 65.6 Å². The molecule has 4 heterocycles. The van der Waals surface area contributed by atoms with Crippen LogP contribution in [0.15, 0.2) is 101 Å². The molecule has 2 aliphatic rings. The zero-order valence-electron chi connectivity index (χ0n) is 30.5. The van der Waals surface area contributed by atoms with Crippen molar-refractivity contribution in [3.8, 4) is 17.2 Å². The molecule has 0 aliphatic carbocycles. The molecule has 1 N–H and O–H groups in total. The maximum atomic E-state index is 15.2. The lowest BCUT2D eigenvalue weighted by molar-refractivity contribution is -0.146. The van der Waals surface area contributed by atoms with Gasteiger partial charge in [-0.3, -0.25) is 18.8 Å². The maximum absolute atomic E-state index is 15.2. The highest BCUT2D eigenvalue weighted by Crippen LogP contribution is 2.60. The van der Waals surface area contributed by atoms with Crippen molar-refractivity contribution >= 4 is 40.8 Å². The van der Waals surface area contributed by atoms with Crippen LogP contribution in [0.5, 0.6) is 11.5 Å². The first-order valence-corrected chi connectivity index (χ1v) is 21.7. The number of aliphatic hydroxyl groups excluding tert-OH is 1. The molecule has 276 valence electrons. The quantitative estimate of drug-likeness (QED) is 0.162. The molecule has 1 fully saturated rings. The molecule has 53 heavy (non-hydrogen) atoms. The predicted octanol–water partition coefficient (Wildman–Crippen LogP) is 5.60. The third-order valence-electron chi connectivity index (χ3n) is 11.1. The average Bonchev–Trinajstić information content (AvgIpc) is 3.81. The number of rotatable bonds is 12. The van der Waals surface area contributed by atoms with Gasteiger partial charge in [0.1, 0.15) is 5.75 Å². The molecule has 2 aliphatic heterocycles. The van der Waals surface area contributed by atoms with Crippen molar-refractivity contribution in [2.24, 2.45) is 5.92 Å². The molecule has 1 saturated heterocycles. The van der Waals surface area contributed by atoms with Gasteiger partial charge in [-0.25, -0.2) is 0 Å². The van der Waals surface area contributed by atoms with E-state index in [4.69, 9.17) is 14.2 Å². The van der Waals surface area contributed by atoms with E-state index in [0.29, 0.717) is 31.6 Å². The van der Waals surface area contributed by atoms with E-state index in [0.717, 1.165) is 32.7 Å². The van der Waals surface area contributed by atoms with Gasteiger partial charge in [0.25, 0.3) is 11.5 Å². The molecule has 0 bridgehead atoms. The molecule has 1 spiro atoms. The van der Waals surface area contributed by atoms with Crippen LogP contribution in [-0.2, 0) is 34.6 Å². The molecule has 13 heteroatoms. The highest BCUT2D eigenvalue weighted by Gasteiger charge is 2.66. The summed E-state index contributed by atoms with van der Waals surface area (Å²) in [5.41, 5.74) is 2.65. The first-order valence-electron chi connectivity index (χ1n) is 17.8. The van der Waals surface area contributed by atoms with Crippen LogP contribution in [0.25, 0.3) is 5.69 Å². The molecule has 5 aromatic rings. The molecule has 0 saturated carbocycles. The van der Waals surface area contributed by atoms with Crippen LogP contribution in [0.2, 0.25) is 18.6 Å². The van der Waals surface area contributed by atoms with Crippen LogP contribution in [0.3, 0.4) is 0 Å². The zero-order valence-corrected chi connectivity index (χ0v) is 33.1. The van der Waals surface area contributed by atoms with E-state index >= 15 is 4.79 Å². The Morgan fingerprint density at radius 1 is 1.00 bits per heavy atom. The lowest BCUT2D eigenvalue weighted by Gasteiger charge is -2.37. The van der Waals surface area contributed by atoms with Crippen LogP contribution in [0.4, 0.5) is 5.69 Å². The van der Waals surface area contributed by atoms with Gasteiger partial charge in [0, 0.05) is 53.6 Å². The third-order valence-corrected chi connectivity index (χ3v) is 15.9. The fourth-order valence-electron chi connectivity index (χ4n) is 8.43. The van der Waals surface area contributed by atoms with Crippen molar-refractivity contribution in [3.05, 3.63) is 123 Å². The van der Waals surface area contributed by atoms with Crippen molar-refractivity contribution in [1.82, 2.24) is 19.6 Å². The minimum Gasteiger partial charge on any atom is -0.497 e. The molecule has 1 amide bonds. The third kappa shape index (κ3) is 6.53. The summed E-state index contributed by atoms with van der Waals surface area (Å²) in [5.74, 6) is 0.825. The monoisotopic (exact) mass is 797 g/mol. The number of ether oxygens (including phenoxy) is 3. The van der Waals surface area contributed by atoms with Crippen molar-refractivity contribution in [2.45, 2.75) is 63.2 Å². The average molecular weight is 799 g/mol. The Balaban J connectivity index is 1.25. The van der Waals surface area contributed by atoms with Gasteiger partial charge in [0.05, 0.1) is 46.3 Å². The van der Waals surface area contributed by atoms with Gasteiger partial charge in [-0.2, -0.15) is 0 Å². The topological polar surface area (TPSA) is 121 Å². The van der Waals surface area contributed by atoms with Gasteiger partial charge in [0.2, 0.25) is 0 Å². The van der Waals surface area contributed by atoms with E-state index in [9.17, 15) is 9.90 Å². The molecule has 3 aromatic carbocycles. The minimum atomic E-state index is -2.34. The number of fused-ring (bicyclic) bond motifs is 2. The van der Waals surface area contributed by atoms with Gasteiger partial charge in [0.15, 0.2) is 11.4 Å². The van der Waals surface area contributed by atoms with Gasteiger partial charge in [-0.15, -0.1) is 5.10 Å². The normalized spacial score (nSPS) is 21.0. The number of hydrogen-bond acceptors (Lipinski definition) is 8. The van der Waals surface area contributed by atoms with Crippen LogP contribution >= 0.6 is 15.9 Å². The van der Waals surface area contributed by atoms with Crippen molar-refractivity contribution in [3.63, 3.8) is 0 Å². The highest BCUT2D eigenvalue weighted by atomic mass is 79.9. The van der Waals surface area contributed by atoms with E-state index in [1.165, 1.54) is 12.3 Å². The smallest absolute Gasteiger partial charge is 0.297 e. The van der Waals surface area contributed by atoms with E-state index in [1.807, 2.05) is 65.7 Å². The van der Waals surface area contributed by atoms with Gasteiger partial charge >= 0.3 is 0 Å². The molecule has 11 nitrogen and oxygen atoms in total. The number of carbonyl (C=O) groups excluding carboxylic acids is 1. The van der Waals surface area contributed by atoms with Gasteiger partial charge < -0.3 is 24.2 Å². The van der Waals surface area contributed by atoms with Crippen LogP contribution in [0.1, 0.15) is 30.2 Å². The largest absolute Gasteiger partial charge is 0.497 e. The Morgan fingerprint density at radius 3 is 2.45 bits per heavy atom. The second-order valence-corrected chi connectivity index (χ2v) is 20.0. The number of nitrogens with zero attached hydrogens (tertiary/aromatic N) is 5. The Labute approximate surface area is 318 Å². The number of hydrogen-bond donors (Lipinski definition) is 1. The van der Waals surface area contributed by atoms with E-state index in [2.05, 4.69) is 58.4 Å². The number of anilines is 1. The van der Waals surface area contributed by atoms with Crippen molar-refractivity contribution < 1.29 is 24.1 Å². The summed E-state index contributed by atoms with van der Waals surface area (Å²) < 4.78 is 22.2. The molecule has 4 atom stereocenters. The fourth-order valence-corrected chi connectivity index (χ4v) is 12.8. The number of amides is 1. The lowest BCUT2D eigenvalue weighted by atomic mass is 9.82.